The molecule has 0 aliphatic carbocycles. The zero-order chi connectivity index (χ0) is 15.8. The summed E-state index contributed by atoms with van der Waals surface area (Å²) < 4.78 is 6.03. The largest absolute Gasteiger partial charge is 0.486 e. The minimum Gasteiger partial charge on any atom is -0.486 e. The highest BCUT2D eigenvalue weighted by Crippen LogP contribution is 2.28. The molecule has 0 bridgehead atoms. The van der Waals surface area contributed by atoms with Crippen molar-refractivity contribution in [2.75, 3.05) is 0 Å². The van der Waals surface area contributed by atoms with Crippen molar-refractivity contribution >= 4 is 7.85 Å². The molecule has 0 aliphatic heterocycles. The van der Waals surface area contributed by atoms with Crippen LogP contribution in [0.15, 0.2) is 36.4 Å². The van der Waals surface area contributed by atoms with Crippen LogP contribution in [-0.4, -0.2) is 14.0 Å². The monoisotopic (exact) mass is 284 g/mol. The summed E-state index contributed by atoms with van der Waals surface area (Å²) in [6, 6.07) is 8.42. The fraction of sp³-hybridized carbons (Fsp3) is 0.579. The first-order valence-corrected chi connectivity index (χ1v) is 8.16. The van der Waals surface area contributed by atoms with Crippen molar-refractivity contribution in [2.24, 2.45) is 5.92 Å². The van der Waals surface area contributed by atoms with Gasteiger partial charge in [0.1, 0.15) is 11.9 Å². The molecule has 114 valence electrons. The molecular weight excluding hydrogens is 255 g/mol. The zero-order valence-corrected chi connectivity index (χ0v) is 14.1. The lowest BCUT2D eigenvalue weighted by Gasteiger charge is -2.21. The van der Waals surface area contributed by atoms with Gasteiger partial charge in [-0.15, -0.1) is 0 Å². The van der Waals surface area contributed by atoms with Gasteiger partial charge in [0.15, 0.2) is 0 Å². The van der Waals surface area contributed by atoms with Crippen molar-refractivity contribution in [1.82, 2.24) is 0 Å². The van der Waals surface area contributed by atoms with E-state index in [1.54, 1.807) is 0 Å². The summed E-state index contributed by atoms with van der Waals surface area (Å²) >= 11 is 0. The molecule has 2 unspecified atom stereocenters. The minimum absolute atomic E-state index is 0.113. The predicted molar refractivity (Wildman–Crippen MR) is 93.3 cm³/mol. The summed E-state index contributed by atoms with van der Waals surface area (Å²) in [5.74, 6) is 2.01. The Morgan fingerprint density at radius 3 is 2.24 bits per heavy atom. The Hall–Kier alpha value is -1.18. The summed E-state index contributed by atoms with van der Waals surface area (Å²) in [7, 11) is 5.91. The van der Waals surface area contributed by atoms with Gasteiger partial charge in [-0.05, 0) is 54.4 Å². The van der Waals surface area contributed by atoms with Crippen LogP contribution in [0.1, 0.15) is 58.4 Å². The maximum absolute atomic E-state index is 6.03. The highest BCUT2D eigenvalue weighted by molar-refractivity contribution is 6.09. The average Bonchev–Trinajstić information content (AvgIpc) is 2.50. The number of hydrogen-bond donors (Lipinski definition) is 0. The van der Waals surface area contributed by atoms with E-state index in [-0.39, 0.29) is 6.10 Å². The van der Waals surface area contributed by atoms with Gasteiger partial charge in [-0.2, -0.15) is 0 Å². The first kappa shape index (κ1) is 17.9. The van der Waals surface area contributed by atoms with Gasteiger partial charge in [-0.25, -0.2) is 0 Å². The molecule has 0 saturated heterocycles. The van der Waals surface area contributed by atoms with Crippen LogP contribution in [0.5, 0.6) is 5.75 Å². The molecule has 0 fully saturated rings. The van der Waals surface area contributed by atoms with Gasteiger partial charge in [0.2, 0.25) is 0 Å². The topological polar surface area (TPSA) is 9.23 Å². The third-order valence-electron chi connectivity index (χ3n) is 3.95. The molecule has 1 aromatic rings. The lowest BCUT2D eigenvalue weighted by molar-refractivity contribution is 0.230. The summed E-state index contributed by atoms with van der Waals surface area (Å²) in [5.41, 5.74) is 2.46. The van der Waals surface area contributed by atoms with Crippen LogP contribution in [0.25, 0.3) is 0 Å². The summed E-state index contributed by atoms with van der Waals surface area (Å²) in [6.45, 7) is 12.8. The number of benzene rings is 1. The van der Waals surface area contributed by atoms with Gasteiger partial charge < -0.3 is 4.74 Å². The molecule has 0 heterocycles. The molecule has 1 aromatic carbocycles. The standard InChI is InChI=1S/C19H29BO/c1-6-15(5)19(7-2)21-18-10-8-16(9-11-18)17(13-20)12-14(3)4/h8-11,14,17,19H,5-7,12-13H2,1-4H3. The Labute approximate surface area is 132 Å². The molecule has 0 aromatic heterocycles. The van der Waals surface area contributed by atoms with E-state index in [0.29, 0.717) is 18.2 Å². The van der Waals surface area contributed by atoms with E-state index in [1.165, 1.54) is 5.56 Å². The van der Waals surface area contributed by atoms with Crippen molar-refractivity contribution in [3.63, 3.8) is 0 Å². The zero-order valence-electron chi connectivity index (χ0n) is 14.1. The maximum Gasteiger partial charge on any atom is 0.120 e. The molecule has 1 rings (SSSR count). The van der Waals surface area contributed by atoms with E-state index < -0.39 is 0 Å². The van der Waals surface area contributed by atoms with Crippen LogP contribution < -0.4 is 4.74 Å². The smallest absolute Gasteiger partial charge is 0.120 e. The summed E-state index contributed by atoms with van der Waals surface area (Å²) in [5, 5.41) is 0. The molecule has 0 spiro atoms. The van der Waals surface area contributed by atoms with E-state index in [2.05, 4.69) is 58.5 Å². The molecule has 0 saturated carbocycles. The Kier molecular flexibility index (Phi) is 7.63. The van der Waals surface area contributed by atoms with Crippen LogP contribution in [0.4, 0.5) is 0 Å². The van der Waals surface area contributed by atoms with E-state index >= 15 is 0 Å². The lowest BCUT2D eigenvalue weighted by Crippen LogP contribution is -2.17. The Balaban J connectivity index is 2.74. The van der Waals surface area contributed by atoms with Crippen molar-refractivity contribution in [3.05, 3.63) is 42.0 Å². The van der Waals surface area contributed by atoms with Gasteiger partial charge in [-0.1, -0.05) is 52.7 Å². The Morgan fingerprint density at radius 2 is 1.81 bits per heavy atom. The highest BCUT2D eigenvalue weighted by atomic mass is 16.5. The van der Waals surface area contributed by atoms with Crippen LogP contribution in [0, 0.1) is 5.92 Å². The van der Waals surface area contributed by atoms with Gasteiger partial charge in [0, 0.05) is 0 Å². The second-order valence-corrected chi connectivity index (χ2v) is 6.16. The van der Waals surface area contributed by atoms with Crippen molar-refractivity contribution in [2.45, 2.75) is 65.3 Å². The molecule has 21 heavy (non-hydrogen) atoms. The molecule has 2 heteroatoms. The average molecular weight is 284 g/mol. The highest BCUT2D eigenvalue weighted by Gasteiger charge is 2.13. The maximum atomic E-state index is 6.03. The van der Waals surface area contributed by atoms with Crippen LogP contribution in [0.2, 0.25) is 6.32 Å². The van der Waals surface area contributed by atoms with Gasteiger partial charge in [0.25, 0.3) is 0 Å². The summed E-state index contributed by atoms with van der Waals surface area (Å²) in [6.07, 6.45) is 3.85. The van der Waals surface area contributed by atoms with E-state index in [1.807, 2.05) is 0 Å². The van der Waals surface area contributed by atoms with Gasteiger partial charge in [0.05, 0.1) is 7.85 Å². The second kappa shape index (κ2) is 8.97. The van der Waals surface area contributed by atoms with Gasteiger partial charge in [-0.3, -0.25) is 0 Å². The van der Waals surface area contributed by atoms with Crippen LogP contribution >= 0.6 is 0 Å². The predicted octanol–water partition coefficient (Wildman–Crippen LogP) is 5.53. The first-order valence-electron chi connectivity index (χ1n) is 8.16. The van der Waals surface area contributed by atoms with Crippen molar-refractivity contribution in [1.29, 1.82) is 0 Å². The minimum atomic E-state index is 0.113. The van der Waals surface area contributed by atoms with Crippen LogP contribution in [0.3, 0.4) is 0 Å². The third kappa shape index (κ3) is 5.61. The fourth-order valence-electron chi connectivity index (χ4n) is 2.60. The first-order chi connectivity index (χ1) is 10.0. The molecule has 2 atom stereocenters. The van der Waals surface area contributed by atoms with Crippen molar-refractivity contribution in [3.8, 4) is 5.75 Å². The summed E-state index contributed by atoms with van der Waals surface area (Å²) in [4.78, 5) is 0. The van der Waals surface area contributed by atoms with E-state index in [4.69, 9.17) is 12.6 Å². The molecule has 2 radical (unpaired) electrons. The van der Waals surface area contributed by atoms with Crippen LogP contribution in [-0.2, 0) is 0 Å². The van der Waals surface area contributed by atoms with Crippen molar-refractivity contribution < 1.29 is 4.74 Å². The normalized spacial score (nSPS) is 14.0. The molecule has 0 aliphatic rings. The van der Waals surface area contributed by atoms with E-state index in [0.717, 1.165) is 30.6 Å². The Morgan fingerprint density at radius 1 is 1.19 bits per heavy atom. The molecular formula is C19H29BO. The lowest BCUT2D eigenvalue weighted by atomic mass is 9.81. The van der Waals surface area contributed by atoms with E-state index in [9.17, 15) is 0 Å². The second-order valence-electron chi connectivity index (χ2n) is 6.16. The molecule has 1 nitrogen and oxygen atoms in total. The quantitative estimate of drug-likeness (QED) is 0.428. The fourth-order valence-corrected chi connectivity index (χ4v) is 2.60. The Bertz CT molecular complexity index is 422. The third-order valence-corrected chi connectivity index (χ3v) is 3.95. The molecule has 0 amide bonds. The molecule has 0 N–H and O–H groups in total. The SMILES string of the molecule is [B]CC(CC(C)C)c1ccc(OC(CC)C(=C)CC)cc1. The van der Waals surface area contributed by atoms with Gasteiger partial charge >= 0.3 is 0 Å². The number of hydrogen-bond acceptors (Lipinski definition) is 1. The number of rotatable bonds is 9. The number of ether oxygens (including phenoxy) is 1.